The highest BCUT2D eigenvalue weighted by atomic mass is 16.3. The van der Waals surface area contributed by atoms with Crippen LogP contribution in [-0.4, -0.2) is 62.9 Å². The summed E-state index contributed by atoms with van der Waals surface area (Å²) in [6.45, 7) is 6.26. The fraction of sp³-hybridized carbons (Fsp3) is 0.455. The maximum absolute atomic E-state index is 12.2. The first-order valence-electron chi connectivity index (χ1n) is 11.0. The third kappa shape index (κ3) is 3.55. The highest BCUT2D eigenvalue weighted by Crippen LogP contribution is 2.39. The van der Waals surface area contributed by atoms with Gasteiger partial charge in [0.1, 0.15) is 0 Å². The number of carbonyl (C=O) groups is 1. The summed E-state index contributed by atoms with van der Waals surface area (Å²) in [6.07, 6.45) is 5.44. The van der Waals surface area contributed by atoms with Crippen LogP contribution in [0.2, 0.25) is 0 Å². The number of hydrogen-bond acceptors (Lipinski definition) is 8. The molecule has 10 nitrogen and oxygen atoms in total. The molecule has 0 unspecified atom stereocenters. The van der Waals surface area contributed by atoms with Gasteiger partial charge in [0.05, 0.1) is 12.0 Å². The molecule has 1 fully saturated rings. The number of aliphatic hydroxyl groups excluding tert-OH is 1. The van der Waals surface area contributed by atoms with Gasteiger partial charge in [-0.3, -0.25) is 4.79 Å². The number of nitrogens with zero attached hydrogens (tertiary/aromatic N) is 5. The predicted molar refractivity (Wildman–Crippen MR) is 122 cm³/mol. The zero-order chi connectivity index (χ0) is 22.3. The van der Waals surface area contributed by atoms with Gasteiger partial charge in [0, 0.05) is 36.4 Å². The number of benzene rings is 1. The van der Waals surface area contributed by atoms with Crippen LogP contribution in [0.1, 0.15) is 32.3 Å². The van der Waals surface area contributed by atoms with Gasteiger partial charge < -0.3 is 26.0 Å². The summed E-state index contributed by atoms with van der Waals surface area (Å²) in [5, 5.41) is 23.8. The van der Waals surface area contributed by atoms with E-state index in [1.54, 1.807) is 16.9 Å². The Labute approximate surface area is 186 Å². The molecule has 0 radical (unpaired) electrons. The van der Waals surface area contributed by atoms with Crippen molar-refractivity contribution in [1.29, 1.82) is 0 Å². The van der Waals surface area contributed by atoms with Crippen LogP contribution in [0.25, 0.3) is 5.65 Å². The normalized spacial score (nSPS) is 17.9. The van der Waals surface area contributed by atoms with Crippen molar-refractivity contribution < 1.29 is 9.90 Å². The van der Waals surface area contributed by atoms with E-state index in [0.717, 1.165) is 48.7 Å². The lowest BCUT2D eigenvalue weighted by atomic mass is 9.86. The van der Waals surface area contributed by atoms with Crippen LogP contribution in [0, 0.1) is 0 Å². The minimum absolute atomic E-state index is 0.00638. The Morgan fingerprint density at radius 1 is 1.31 bits per heavy atom. The van der Waals surface area contributed by atoms with E-state index < -0.39 is 5.41 Å². The molecule has 5 rings (SSSR count). The molecule has 10 heteroatoms. The molecule has 0 saturated carbocycles. The Balaban J connectivity index is 1.45. The first-order valence-corrected chi connectivity index (χ1v) is 11.0. The summed E-state index contributed by atoms with van der Waals surface area (Å²) >= 11 is 0. The van der Waals surface area contributed by atoms with E-state index in [9.17, 15) is 9.90 Å². The van der Waals surface area contributed by atoms with Gasteiger partial charge in [-0.05, 0) is 57.5 Å². The average molecular weight is 437 g/mol. The second kappa shape index (κ2) is 8.03. The van der Waals surface area contributed by atoms with Crippen molar-refractivity contribution in [3.05, 3.63) is 36.2 Å². The number of rotatable bonds is 6. The number of carbonyl (C=O) groups excluding carboxylic acids is 1. The van der Waals surface area contributed by atoms with Crippen LogP contribution >= 0.6 is 0 Å². The fourth-order valence-electron chi connectivity index (χ4n) is 4.55. The quantitative estimate of drug-likeness (QED) is 0.461. The van der Waals surface area contributed by atoms with Crippen molar-refractivity contribution in [2.45, 2.75) is 38.1 Å². The average Bonchev–Trinajstić information content (AvgIpc) is 3.30. The summed E-state index contributed by atoms with van der Waals surface area (Å²) in [4.78, 5) is 23.7. The van der Waals surface area contributed by atoms with Gasteiger partial charge in [0.2, 0.25) is 11.9 Å². The number of amides is 1. The Kier molecular flexibility index (Phi) is 5.18. The van der Waals surface area contributed by atoms with Crippen molar-refractivity contribution >= 4 is 34.7 Å². The van der Waals surface area contributed by atoms with Crippen LogP contribution in [0.15, 0.2) is 30.6 Å². The molecule has 32 heavy (non-hydrogen) atoms. The lowest BCUT2D eigenvalue weighted by Crippen LogP contribution is -2.45. The Morgan fingerprint density at radius 3 is 2.91 bits per heavy atom. The number of aromatic nitrogens is 4. The van der Waals surface area contributed by atoms with Crippen LogP contribution < -0.4 is 20.9 Å². The predicted octanol–water partition coefficient (Wildman–Crippen LogP) is 1.65. The number of anilines is 4. The van der Waals surface area contributed by atoms with Gasteiger partial charge in [0.25, 0.3) is 0 Å². The molecule has 1 aromatic carbocycles. The maximum atomic E-state index is 12.2. The first-order chi connectivity index (χ1) is 15.5. The molecule has 2 aliphatic rings. The van der Waals surface area contributed by atoms with Crippen molar-refractivity contribution in [3.63, 3.8) is 0 Å². The van der Waals surface area contributed by atoms with Crippen molar-refractivity contribution in [1.82, 2.24) is 24.9 Å². The maximum Gasteiger partial charge on any atom is 0.247 e. The van der Waals surface area contributed by atoms with E-state index in [2.05, 4.69) is 30.9 Å². The van der Waals surface area contributed by atoms with Gasteiger partial charge in [0.15, 0.2) is 11.5 Å². The number of aliphatic hydroxyl groups is 1. The summed E-state index contributed by atoms with van der Waals surface area (Å²) in [5.74, 6) is 1.15. The topological polar surface area (TPSA) is 120 Å². The second-order valence-electron chi connectivity index (χ2n) is 8.82. The molecule has 1 saturated heterocycles. The number of fused-ring (bicyclic) bond motifs is 2. The summed E-state index contributed by atoms with van der Waals surface area (Å²) < 4.78 is 1.70. The van der Waals surface area contributed by atoms with Gasteiger partial charge >= 0.3 is 0 Å². The van der Waals surface area contributed by atoms with E-state index in [1.807, 2.05) is 32.0 Å². The van der Waals surface area contributed by atoms with Crippen molar-refractivity contribution in [3.8, 4) is 0 Å². The summed E-state index contributed by atoms with van der Waals surface area (Å²) in [5.41, 5.74) is 2.66. The number of piperidine rings is 1. The molecule has 0 atom stereocenters. The molecule has 2 aromatic heterocycles. The Bertz CT molecular complexity index is 1150. The van der Waals surface area contributed by atoms with Gasteiger partial charge in [-0.25, -0.2) is 9.50 Å². The second-order valence-corrected chi connectivity index (χ2v) is 8.82. The zero-order valence-corrected chi connectivity index (χ0v) is 18.3. The molecule has 0 bridgehead atoms. The molecule has 4 heterocycles. The van der Waals surface area contributed by atoms with Crippen LogP contribution in [0.3, 0.4) is 0 Å². The standard InChI is InChI=1S/C22H28N8O2/c1-22(2)16-4-3-14(13-17(16)26-20(22)32)25-21-27-19-18(24-9-10-30(19)28-21)29(11-12-31)15-5-7-23-8-6-15/h3-4,9-10,13,15,23,31H,5-8,11-12H2,1-2H3,(H,25,28)(H,26,32). The smallest absolute Gasteiger partial charge is 0.247 e. The highest BCUT2D eigenvalue weighted by molar-refractivity contribution is 6.06. The minimum Gasteiger partial charge on any atom is -0.395 e. The lowest BCUT2D eigenvalue weighted by Gasteiger charge is -2.35. The van der Waals surface area contributed by atoms with Crippen molar-refractivity contribution in [2.24, 2.45) is 0 Å². The number of nitrogens with one attached hydrogen (secondary N) is 3. The van der Waals surface area contributed by atoms with E-state index in [0.29, 0.717) is 24.2 Å². The van der Waals surface area contributed by atoms with Crippen LogP contribution in [-0.2, 0) is 10.2 Å². The lowest BCUT2D eigenvalue weighted by molar-refractivity contribution is -0.119. The SMILES string of the molecule is CC1(C)C(=O)Nc2cc(Nc3nc4c(N(CCO)C5CCNCC5)nccn4n3)ccc21. The van der Waals surface area contributed by atoms with Crippen LogP contribution in [0.4, 0.5) is 23.1 Å². The van der Waals surface area contributed by atoms with Crippen molar-refractivity contribution in [2.75, 3.05) is 41.8 Å². The van der Waals surface area contributed by atoms with Gasteiger partial charge in [-0.1, -0.05) is 6.07 Å². The van der Waals surface area contributed by atoms with E-state index in [-0.39, 0.29) is 12.5 Å². The molecule has 0 spiro atoms. The van der Waals surface area contributed by atoms with E-state index >= 15 is 0 Å². The van der Waals surface area contributed by atoms with Gasteiger partial charge in [-0.2, -0.15) is 4.98 Å². The third-order valence-electron chi connectivity index (χ3n) is 6.36. The zero-order valence-electron chi connectivity index (χ0n) is 18.3. The molecular formula is C22H28N8O2. The Morgan fingerprint density at radius 2 is 2.12 bits per heavy atom. The third-order valence-corrected chi connectivity index (χ3v) is 6.36. The highest BCUT2D eigenvalue weighted by Gasteiger charge is 2.38. The minimum atomic E-state index is -0.541. The molecule has 168 valence electrons. The Hall–Kier alpha value is -3.24. The molecule has 0 aliphatic carbocycles. The van der Waals surface area contributed by atoms with E-state index in [4.69, 9.17) is 4.98 Å². The molecule has 2 aliphatic heterocycles. The molecular weight excluding hydrogens is 408 g/mol. The summed E-state index contributed by atoms with van der Waals surface area (Å²) in [6, 6.07) is 6.08. The first kappa shape index (κ1) is 20.7. The molecule has 1 amide bonds. The van der Waals surface area contributed by atoms with Crippen LogP contribution in [0.5, 0.6) is 0 Å². The molecule has 4 N–H and O–H groups in total. The summed E-state index contributed by atoms with van der Waals surface area (Å²) in [7, 11) is 0. The fourth-order valence-corrected chi connectivity index (χ4v) is 4.55. The largest absolute Gasteiger partial charge is 0.395 e. The number of hydrogen-bond donors (Lipinski definition) is 4. The van der Waals surface area contributed by atoms with Gasteiger partial charge in [-0.15, -0.1) is 5.10 Å². The monoisotopic (exact) mass is 436 g/mol. The molecule has 3 aromatic rings. The van der Waals surface area contributed by atoms with E-state index in [1.165, 1.54) is 0 Å².